The molecule has 0 spiro atoms. The van der Waals surface area contributed by atoms with Gasteiger partial charge >= 0.3 is 0 Å². The summed E-state index contributed by atoms with van der Waals surface area (Å²) in [7, 11) is -2.08. The van der Waals surface area contributed by atoms with E-state index in [1.54, 1.807) is 14.0 Å². The van der Waals surface area contributed by atoms with Crippen LogP contribution in [-0.4, -0.2) is 43.7 Å². The summed E-state index contributed by atoms with van der Waals surface area (Å²) in [6, 6.07) is 15.5. The first-order valence-corrected chi connectivity index (χ1v) is 9.70. The monoisotopic (exact) mass is 380 g/mol. The molecule has 0 bridgehead atoms. The summed E-state index contributed by atoms with van der Waals surface area (Å²) in [5.74, 6) is -0.261. The highest BCUT2D eigenvalue weighted by Crippen LogP contribution is 2.18. The van der Waals surface area contributed by atoms with E-state index in [0.717, 1.165) is 5.56 Å². The largest absolute Gasteiger partial charge is 0.340 e. The standard InChI is InChI=1S/C18H21ClN2O3S/c1-3-21(25(23,24)17-11-9-16(19)10-12-17)14-18(22)20(2)13-15-7-5-4-6-8-15/h4-12H,3,13-14H2,1-2H3. The number of hydrogen-bond donors (Lipinski definition) is 0. The van der Waals surface area contributed by atoms with E-state index >= 15 is 0 Å². The highest BCUT2D eigenvalue weighted by molar-refractivity contribution is 7.89. The van der Waals surface area contributed by atoms with Gasteiger partial charge in [-0.2, -0.15) is 4.31 Å². The van der Waals surface area contributed by atoms with Gasteiger partial charge in [-0.1, -0.05) is 48.9 Å². The van der Waals surface area contributed by atoms with Gasteiger partial charge in [0.05, 0.1) is 11.4 Å². The zero-order valence-electron chi connectivity index (χ0n) is 14.2. The average molecular weight is 381 g/mol. The molecule has 0 heterocycles. The summed E-state index contributed by atoms with van der Waals surface area (Å²) < 4.78 is 26.6. The maximum absolute atomic E-state index is 12.7. The Morgan fingerprint density at radius 1 is 1.04 bits per heavy atom. The van der Waals surface area contributed by atoms with Gasteiger partial charge in [0, 0.05) is 25.2 Å². The van der Waals surface area contributed by atoms with Crippen molar-refractivity contribution in [2.24, 2.45) is 0 Å². The van der Waals surface area contributed by atoms with Crippen molar-refractivity contribution in [2.45, 2.75) is 18.4 Å². The van der Waals surface area contributed by atoms with Crippen LogP contribution >= 0.6 is 11.6 Å². The van der Waals surface area contributed by atoms with Crippen LogP contribution in [-0.2, 0) is 21.4 Å². The number of nitrogens with zero attached hydrogens (tertiary/aromatic N) is 2. The van der Waals surface area contributed by atoms with Crippen molar-refractivity contribution >= 4 is 27.5 Å². The highest BCUT2D eigenvalue weighted by Gasteiger charge is 2.26. The van der Waals surface area contributed by atoms with E-state index in [-0.39, 0.29) is 23.9 Å². The smallest absolute Gasteiger partial charge is 0.243 e. The molecule has 2 aromatic carbocycles. The second-order valence-corrected chi connectivity index (χ2v) is 7.99. The molecule has 0 saturated heterocycles. The van der Waals surface area contributed by atoms with Gasteiger partial charge in [-0.25, -0.2) is 8.42 Å². The van der Waals surface area contributed by atoms with E-state index in [4.69, 9.17) is 11.6 Å². The third kappa shape index (κ3) is 5.04. The number of sulfonamides is 1. The Hall–Kier alpha value is -1.89. The van der Waals surface area contributed by atoms with Crippen LogP contribution in [0, 0.1) is 0 Å². The molecule has 7 heteroatoms. The first-order chi connectivity index (χ1) is 11.8. The number of amides is 1. The van der Waals surface area contributed by atoms with Crippen molar-refractivity contribution in [3.8, 4) is 0 Å². The topological polar surface area (TPSA) is 57.7 Å². The molecule has 0 N–H and O–H groups in total. The lowest BCUT2D eigenvalue weighted by molar-refractivity contribution is -0.130. The van der Waals surface area contributed by atoms with Crippen LogP contribution < -0.4 is 0 Å². The number of benzene rings is 2. The Kier molecular flexibility index (Phi) is 6.58. The van der Waals surface area contributed by atoms with Crippen LogP contribution in [0.2, 0.25) is 5.02 Å². The third-order valence-corrected chi connectivity index (χ3v) is 5.99. The average Bonchev–Trinajstić information content (AvgIpc) is 2.60. The first kappa shape index (κ1) is 19.4. The van der Waals surface area contributed by atoms with Crippen LogP contribution in [0.25, 0.3) is 0 Å². The quantitative estimate of drug-likeness (QED) is 0.741. The molecule has 0 aliphatic heterocycles. The molecule has 1 amide bonds. The predicted molar refractivity (Wildman–Crippen MR) is 98.8 cm³/mol. The molecule has 134 valence electrons. The molecule has 0 fully saturated rings. The molecule has 0 saturated carbocycles. The van der Waals surface area contributed by atoms with E-state index in [1.165, 1.54) is 33.5 Å². The van der Waals surface area contributed by atoms with E-state index in [9.17, 15) is 13.2 Å². The lowest BCUT2D eigenvalue weighted by Gasteiger charge is -2.24. The van der Waals surface area contributed by atoms with Gasteiger partial charge in [-0.05, 0) is 29.8 Å². The molecule has 0 radical (unpaired) electrons. The number of carbonyl (C=O) groups is 1. The summed E-state index contributed by atoms with van der Waals surface area (Å²) in [6.07, 6.45) is 0. The fraction of sp³-hybridized carbons (Fsp3) is 0.278. The Morgan fingerprint density at radius 3 is 2.20 bits per heavy atom. The molecule has 0 aliphatic carbocycles. The maximum Gasteiger partial charge on any atom is 0.243 e. The van der Waals surface area contributed by atoms with Gasteiger partial charge in [0.15, 0.2) is 0 Å². The first-order valence-electron chi connectivity index (χ1n) is 7.88. The maximum atomic E-state index is 12.7. The molecule has 25 heavy (non-hydrogen) atoms. The number of hydrogen-bond acceptors (Lipinski definition) is 3. The van der Waals surface area contributed by atoms with Gasteiger partial charge in [0.1, 0.15) is 0 Å². The fourth-order valence-electron chi connectivity index (χ4n) is 2.34. The Balaban J connectivity index is 2.09. The molecule has 0 aromatic heterocycles. The predicted octanol–water partition coefficient (Wildman–Crippen LogP) is 3.01. The van der Waals surface area contributed by atoms with Gasteiger partial charge in [0.25, 0.3) is 0 Å². The normalized spacial score (nSPS) is 11.5. The molecule has 2 aromatic rings. The Morgan fingerprint density at radius 2 is 1.64 bits per heavy atom. The lowest BCUT2D eigenvalue weighted by atomic mass is 10.2. The zero-order valence-corrected chi connectivity index (χ0v) is 15.8. The van der Waals surface area contributed by atoms with Crippen LogP contribution in [0.4, 0.5) is 0 Å². The van der Waals surface area contributed by atoms with Crippen molar-refractivity contribution in [1.29, 1.82) is 0 Å². The number of rotatable bonds is 7. The van der Waals surface area contributed by atoms with Gasteiger partial charge < -0.3 is 4.90 Å². The molecule has 0 atom stereocenters. The second kappa shape index (κ2) is 8.47. The van der Waals surface area contributed by atoms with Crippen molar-refractivity contribution in [3.63, 3.8) is 0 Å². The zero-order chi connectivity index (χ0) is 18.4. The molecular formula is C18H21ClN2O3S. The van der Waals surface area contributed by atoms with Crippen LogP contribution in [0.3, 0.4) is 0 Å². The van der Waals surface area contributed by atoms with Gasteiger partial charge in [-0.15, -0.1) is 0 Å². The SMILES string of the molecule is CCN(CC(=O)N(C)Cc1ccccc1)S(=O)(=O)c1ccc(Cl)cc1. The Bertz CT molecular complexity index is 808. The second-order valence-electron chi connectivity index (χ2n) is 5.62. The number of carbonyl (C=O) groups excluding carboxylic acids is 1. The lowest BCUT2D eigenvalue weighted by Crippen LogP contribution is -2.41. The van der Waals surface area contributed by atoms with Crippen LogP contribution in [0.1, 0.15) is 12.5 Å². The van der Waals surface area contributed by atoms with Crippen molar-refractivity contribution in [1.82, 2.24) is 9.21 Å². The fourth-order valence-corrected chi connectivity index (χ4v) is 3.86. The number of likely N-dealkylation sites (N-methyl/N-ethyl adjacent to an activating group) is 2. The highest BCUT2D eigenvalue weighted by atomic mass is 35.5. The molecule has 0 aliphatic rings. The summed E-state index contributed by atoms with van der Waals surface area (Å²) >= 11 is 5.81. The van der Waals surface area contributed by atoms with Gasteiger partial charge in [-0.3, -0.25) is 4.79 Å². The minimum absolute atomic E-state index is 0.122. The van der Waals surface area contributed by atoms with E-state index in [1.807, 2.05) is 30.3 Å². The van der Waals surface area contributed by atoms with Crippen LogP contribution in [0.15, 0.2) is 59.5 Å². The third-order valence-electron chi connectivity index (χ3n) is 3.80. The summed E-state index contributed by atoms with van der Waals surface area (Å²) in [5, 5.41) is 0.459. The van der Waals surface area contributed by atoms with Crippen molar-refractivity contribution in [2.75, 3.05) is 20.1 Å². The molecule has 0 unspecified atom stereocenters. The van der Waals surface area contributed by atoms with Crippen LogP contribution in [0.5, 0.6) is 0 Å². The summed E-state index contributed by atoms with van der Waals surface area (Å²) in [5.41, 5.74) is 0.988. The molecule has 5 nitrogen and oxygen atoms in total. The van der Waals surface area contributed by atoms with Crippen molar-refractivity contribution in [3.05, 3.63) is 65.2 Å². The minimum atomic E-state index is -3.74. The van der Waals surface area contributed by atoms with Gasteiger partial charge in [0.2, 0.25) is 15.9 Å². The summed E-state index contributed by atoms with van der Waals surface area (Å²) in [4.78, 5) is 14.1. The Labute approximate surface area is 153 Å². The molecule has 2 rings (SSSR count). The number of halogens is 1. The summed E-state index contributed by atoms with van der Waals surface area (Å²) in [6.45, 7) is 2.14. The van der Waals surface area contributed by atoms with E-state index < -0.39 is 10.0 Å². The van der Waals surface area contributed by atoms with E-state index in [0.29, 0.717) is 11.6 Å². The van der Waals surface area contributed by atoms with Crippen molar-refractivity contribution < 1.29 is 13.2 Å². The minimum Gasteiger partial charge on any atom is -0.340 e. The molecular weight excluding hydrogens is 360 g/mol. The van der Waals surface area contributed by atoms with E-state index in [2.05, 4.69) is 0 Å².